The third-order valence-electron chi connectivity index (χ3n) is 6.39. The number of carbonyl (C=O) groups excluding carboxylic acids is 4. The van der Waals surface area contributed by atoms with Crippen LogP contribution in [0.25, 0.3) is 0 Å². The van der Waals surface area contributed by atoms with Gasteiger partial charge in [0.1, 0.15) is 0 Å². The number of ketones is 2. The van der Waals surface area contributed by atoms with Crippen LogP contribution in [-0.4, -0.2) is 67.8 Å². The van der Waals surface area contributed by atoms with Crippen LogP contribution in [-0.2, 0) is 4.74 Å². The Morgan fingerprint density at radius 1 is 0.378 bits per heavy atom. The van der Waals surface area contributed by atoms with Crippen LogP contribution in [0.1, 0.15) is 94.0 Å². The Morgan fingerprint density at radius 2 is 0.689 bits per heavy atom. The average molecular weight is 610 g/mol. The predicted molar refractivity (Wildman–Crippen MR) is 150 cm³/mol. The van der Waals surface area contributed by atoms with Crippen LogP contribution in [0.15, 0.2) is 84.9 Å². The monoisotopic (exact) mass is 610 g/mol. The van der Waals surface area contributed by atoms with Gasteiger partial charge in [-0.05, 0) is 48.5 Å². The zero-order valence-corrected chi connectivity index (χ0v) is 22.5. The number of aromatic carboxylic acids is 4. The van der Waals surface area contributed by atoms with E-state index in [1.807, 2.05) is 0 Å². The topological polar surface area (TPSA) is 227 Å². The van der Waals surface area contributed by atoms with Crippen LogP contribution in [0.5, 0.6) is 0 Å². The van der Waals surface area contributed by atoms with Crippen LogP contribution in [0.2, 0.25) is 0 Å². The molecule has 0 amide bonds. The lowest BCUT2D eigenvalue weighted by Crippen LogP contribution is -2.15. The van der Waals surface area contributed by atoms with E-state index < -0.39 is 69.6 Å². The van der Waals surface area contributed by atoms with E-state index in [9.17, 15) is 58.8 Å². The van der Waals surface area contributed by atoms with Gasteiger partial charge in [-0.3, -0.25) is 9.59 Å². The molecule has 4 aromatic rings. The Morgan fingerprint density at radius 3 is 1.02 bits per heavy atom. The van der Waals surface area contributed by atoms with Gasteiger partial charge >= 0.3 is 35.8 Å². The van der Waals surface area contributed by atoms with Crippen LogP contribution >= 0.6 is 0 Å². The fourth-order valence-electron chi connectivity index (χ4n) is 4.21. The molecule has 0 aliphatic heterocycles. The summed E-state index contributed by atoms with van der Waals surface area (Å²) in [5.41, 5.74) is -3.30. The van der Waals surface area contributed by atoms with Crippen molar-refractivity contribution in [1.29, 1.82) is 0 Å². The van der Waals surface area contributed by atoms with E-state index >= 15 is 0 Å². The average Bonchev–Trinajstić information content (AvgIpc) is 3.03. The smallest absolute Gasteiger partial charge is 0.346 e. The van der Waals surface area contributed by atoms with Gasteiger partial charge < -0.3 is 25.2 Å². The third kappa shape index (κ3) is 6.67. The number of hydrogen-bond acceptors (Lipinski definition) is 9. The Bertz CT molecular complexity index is 1830. The molecule has 0 aliphatic carbocycles. The summed E-state index contributed by atoms with van der Waals surface area (Å²) in [5, 5.41) is 37.0. The summed E-state index contributed by atoms with van der Waals surface area (Å²) in [7, 11) is 0. The fraction of sp³-hybridized carbons (Fsp3) is 0. The number of carboxylic acid groups (broad SMARTS) is 4. The Hall–Kier alpha value is -6.76. The quantitative estimate of drug-likeness (QED) is 0.113. The minimum atomic E-state index is -1.57. The highest BCUT2D eigenvalue weighted by molar-refractivity contribution is 6.14. The molecule has 0 saturated carbocycles. The first kappa shape index (κ1) is 31.2. The molecule has 4 rings (SSSR count). The highest BCUT2D eigenvalue weighted by Gasteiger charge is 2.23. The van der Waals surface area contributed by atoms with Crippen molar-refractivity contribution >= 4 is 47.4 Å². The summed E-state index contributed by atoms with van der Waals surface area (Å²) in [6.07, 6.45) is 0. The summed E-state index contributed by atoms with van der Waals surface area (Å²) in [6, 6.07) is 15.8. The fourth-order valence-corrected chi connectivity index (χ4v) is 4.21. The van der Waals surface area contributed by atoms with E-state index in [1.54, 1.807) is 0 Å². The first-order valence-corrected chi connectivity index (χ1v) is 12.6. The van der Waals surface area contributed by atoms with Gasteiger partial charge in [-0.25, -0.2) is 28.8 Å². The van der Waals surface area contributed by atoms with Gasteiger partial charge in [-0.15, -0.1) is 0 Å². The van der Waals surface area contributed by atoms with Crippen molar-refractivity contribution in [3.63, 3.8) is 0 Å². The number of carbonyl (C=O) groups is 8. The molecule has 0 unspecified atom stereocenters. The maximum absolute atomic E-state index is 13.0. The number of carboxylic acids is 4. The Labute approximate surface area is 251 Å². The number of esters is 2. The standard InChI is InChI=1S/C32H18O13/c33-25(17-7-9-21(27(35)36)23(13-17)29(39)40)15-3-1-5-19(11-15)31(43)45-32(44)20-6-2-4-16(12-20)26(34)18-8-10-22(28(37)38)24(14-18)30(41)42/h1-14H,(H,35,36)(H,37,38)(H,39,40)(H,41,42). The summed E-state index contributed by atoms with van der Waals surface area (Å²) < 4.78 is 4.90. The lowest BCUT2D eigenvalue weighted by atomic mass is 9.97. The lowest BCUT2D eigenvalue weighted by Gasteiger charge is -2.08. The summed E-state index contributed by atoms with van der Waals surface area (Å²) in [6.45, 7) is 0. The van der Waals surface area contributed by atoms with Crippen LogP contribution < -0.4 is 0 Å². The van der Waals surface area contributed by atoms with E-state index in [1.165, 1.54) is 36.4 Å². The van der Waals surface area contributed by atoms with Crippen molar-refractivity contribution in [3.8, 4) is 0 Å². The number of benzene rings is 4. The van der Waals surface area contributed by atoms with Crippen molar-refractivity contribution in [3.05, 3.63) is 141 Å². The first-order valence-electron chi connectivity index (χ1n) is 12.6. The van der Waals surface area contributed by atoms with E-state index in [0.29, 0.717) is 0 Å². The molecule has 0 fully saturated rings. The zero-order valence-electron chi connectivity index (χ0n) is 22.5. The highest BCUT2D eigenvalue weighted by atomic mass is 16.6. The van der Waals surface area contributed by atoms with Gasteiger partial charge in [0.15, 0.2) is 11.6 Å². The molecule has 13 nitrogen and oxygen atoms in total. The van der Waals surface area contributed by atoms with Crippen molar-refractivity contribution in [2.75, 3.05) is 0 Å². The van der Waals surface area contributed by atoms with Gasteiger partial charge in [0.2, 0.25) is 0 Å². The van der Waals surface area contributed by atoms with Crippen LogP contribution in [0.4, 0.5) is 0 Å². The SMILES string of the molecule is O=C(OC(=O)c1cccc(C(=O)c2ccc(C(=O)O)c(C(=O)O)c2)c1)c1cccc(C(=O)c2ccc(C(=O)O)c(C(=O)O)c2)c1. The first-order chi connectivity index (χ1) is 21.3. The van der Waals surface area contributed by atoms with E-state index in [0.717, 1.165) is 48.5 Å². The molecule has 4 N–H and O–H groups in total. The normalized spacial score (nSPS) is 10.4. The van der Waals surface area contributed by atoms with Crippen molar-refractivity contribution < 1.29 is 63.5 Å². The van der Waals surface area contributed by atoms with Crippen LogP contribution in [0.3, 0.4) is 0 Å². The van der Waals surface area contributed by atoms with Gasteiger partial charge in [-0.2, -0.15) is 0 Å². The van der Waals surface area contributed by atoms with E-state index in [4.69, 9.17) is 4.74 Å². The van der Waals surface area contributed by atoms with Gasteiger partial charge in [0, 0.05) is 22.3 Å². The molecule has 224 valence electrons. The second-order valence-corrected chi connectivity index (χ2v) is 9.24. The predicted octanol–water partition coefficient (Wildman–Crippen LogP) is 3.94. The molecule has 0 bridgehead atoms. The number of rotatable bonds is 10. The highest BCUT2D eigenvalue weighted by Crippen LogP contribution is 2.20. The Kier molecular flexibility index (Phi) is 8.75. The minimum absolute atomic E-state index is 0.0986. The molecule has 0 saturated heterocycles. The second-order valence-electron chi connectivity index (χ2n) is 9.24. The molecule has 0 heterocycles. The summed E-state index contributed by atoms with van der Waals surface area (Å²) >= 11 is 0. The lowest BCUT2D eigenvalue weighted by molar-refractivity contribution is 0.0395. The van der Waals surface area contributed by atoms with E-state index in [-0.39, 0.29) is 33.4 Å². The molecule has 45 heavy (non-hydrogen) atoms. The van der Waals surface area contributed by atoms with Crippen LogP contribution in [0, 0.1) is 0 Å². The number of hydrogen-bond donors (Lipinski definition) is 4. The molecule has 13 heteroatoms. The molecule has 0 atom stereocenters. The largest absolute Gasteiger partial charge is 0.478 e. The minimum Gasteiger partial charge on any atom is -0.478 e. The molecule has 0 spiro atoms. The second kappa shape index (κ2) is 12.6. The summed E-state index contributed by atoms with van der Waals surface area (Å²) in [5.74, 6) is -9.97. The van der Waals surface area contributed by atoms with Crippen molar-refractivity contribution in [1.82, 2.24) is 0 Å². The van der Waals surface area contributed by atoms with E-state index in [2.05, 4.69) is 0 Å². The number of ether oxygens (including phenoxy) is 1. The molecule has 4 aromatic carbocycles. The molecular weight excluding hydrogens is 592 g/mol. The third-order valence-corrected chi connectivity index (χ3v) is 6.39. The molecule has 0 radical (unpaired) electrons. The van der Waals surface area contributed by atoms with Crippen molar-refractivity contribution in [2.45, 2.75) is 0 Å². The Balaban J connectivity index is 1.54. The van der Waals surface area contributed by atoms with Gasteiger partial charge in [0.05, 0.1) is 33.4 Å². The summed E-state index contributed by atoms with van der Waals surface area (Å²) in [4.78, 5) is 97.1. The molecule has 0 aromatic heterocycles. The van der Waals surface area contributed by atoms with Gasteiger partial charge in [0.25, 0.3) is 0 Å². The molecular formula is C32H18O13. The zero-order chi connectivity index (χ0) is 33.0. The molecule has 0 aliphatic rings. The maximum atomic E-state index is 13.0. The van der Waals surface area contributed by atoms with Crippen molar-refractivity contribution in [2.24, 2.45) is 0 Å². The van der Waals surface area contributed by atoms with Gasteiger partial charge in [-0.1, -0.05) is 36.4 Å². The maximum Gasteiger partial charge on any atom is 0.346 e.